The fourth-order valence-electron chi connectivity index (χ4n) is 2.30. The van der Waals surface area contributed by atoms with Gasteiger partial charge in [0.15, 0.2) is 5.82 Å². The lowest BCUT2D eigenvalue weighted by Gasteiger charge is -2.15. The number of aromatic nitrogens is 4. The predicted octanol–water partition coefficient (Wildman–Crippen LogP) is 1.76. The number of carbonyl (C=O) groups excluding carboxylic acids is 1. The van der Waals surface area contributed by atoms with Crippen molar-refractivity contribution in [3.05, 3.63) is 51.1 Å². The maximum Gasteiger partial charge on any atom is 0.261 e. The molecule has 0 aliphatic rings. The van der Waals surface area contributed by atoms with E-state index in [2.05, 4.69) is 31.1 Å². The zero-order chi connectivity index (χ0) is 18.0. The Hall–Kier alpha value is -2.55. The van der Waals surface area contributed by atoms with Crippen molar-refractivity contribution in [2.24, 2.45) is 0 Å². The monoisotopic (exact) mass is 405 g/mol. The van der Waals surface area contributed by atoms with Crippen LogP contribution in [0.3, 0.4) is 0 Å². The van der Waals surface area contributed by atoms with Crippen LogP contribution in [0, 0.1) is 0 Å². The molecular formula is C16H16BrN5O3. The molecule has 8 nitrogen and oxygen atoms in total. The van der Waals surface area contributed by atoms with Gasteiger partial charge in [0, 0.05) is 17.9 Å². The second-order valence-corrected chi connectivity index (χ2v) is 6.46. The highest BCUT2D eigenvalue weighted by molar-refractivity contribution is 9.10. The number of aryl methyl sites for hydroxylation is 1. The van der Waals surface area contributed by atoms with E-state index >= 15 is 0 Å². The van der Waals surface area contributed by atoms with Crippen LogP contribution in [-0.2, 0) is 24.3 Å². The Labute approximate surface area is 151 Å². The molecule has 9 heteroatoms. The Morgan fingerprint density at radius 1 is 1.40 bits per heavy atom. The maximum atomic E-state index is 12.5. The molecule has 0 bridgehead atoms. The molecule has 0 aliphatic heterocycles. The zero-order valence-electron chi connectivity index (χ0n) is 13.8. The summed E-state index contributed by atoms with van der Waals surface area (Å²) >= 11 is 3.34. The Bertz CT molecular complexity index is 981. The van der Waals surface area contributed by atoms with E-state index in [-0.39, 0.29) is 24.6 Å². The molecule has 0 unspecified atom stereocenters. The first-order valence-electron chi connectivity index (χ1n) is 7.68. The summed E-state index contributed by atoms with van der Waals surface area (Å²) in [4.78, 5) is 34.7. The van der Waals surface area contributed by atoms with Crippen molar-refractivity contribution < 1.29 is 9.32 Å². The van der Waals surface area contributed by atoms with E-state index in [1.54, 1.807) is 19.2 Å². The molecule has 0 N–H and O–H groups in total. The molecule has 3 rings (SSSR count). The van der Waals surface area contributed by atoms with E-state index < -0.39 is 0 Å². The summed E-state index contributed by atoms with van der Waals surface area (Å²) in [6.45, 7) is 1.99. The number of nitrogens with zero attached hydrogens (tertiary/aromatic N) is 5. The van der Waals surface area contributed by atoms with E-state index in [4.69, 9.17) is 4.52 Å². The zero-order valence-corrected chi connectivity index (χ0v) is 15.4. The molecular weight excluding hydrogens is 390 g/mol. The Morgan fingerprint density at radius 2 is 2.20 bits per heavy atom. The third-order valence-electron chi connectivity index (χ3n) is 3.72. The van der Waals surface area contributed by atoms with Crippen molar-refractivity contribution in [2.75, 3.05) is 7.05 Å². The minimum absolute atomic E-state index is 0.112. The van der Waals surface area contributed by atoms with E-state index in [1.807, 2.05) is 13.0 Å². The average Bonchev–Trinajstić information content (AvgIpc) is 3.05. The summed E-state index contributed by atoms with van der Waals surface area (Å²) in [7, 11) is 1.62. The van der Waals surface area contributed by atoms with Gasteiger partial charge < -0.3 is 9.42 Å². The fourth-order valence-corrected chi connectivity index (χ4v) is 2.66. The van der Waals surface area contributed by atoms with Crippen LogP contribution in [0.2, 0.25) is 0 Å². The first-order chi connectivity index (χ1) is 12.0. The Balaban J connectivity index is 1.77. The van der Waals surface area contributed by atoms with Crippen LogP contribution in [0.25, 0.3) is 10.9 Å². The number of rotatable bonds is 5. The minimum atomic E-state index is -0.265. The number of fused-ring (bicyclic) bond motifs is 1. The first-order valence-corrected chi connectivity index (χ1v) is 8.47. The van der Waals surface area contributed by atoms with Gasteiger partial charge in [0.1, 0.15) is 6.54 Å². The fraction of sp³-hybridized carbons (Fsp3) is 0.312. The third kappa shape index (κ3) is 3.76. The molecule has 1 amide bonds. The molecule has 0 aliphatic carbocycles. The number of hydrogen-bond donors (Lipinski definition) is 0. The topological polar surface area (TPSA) is 94.1 Å². The number of hydrogen-bond acceptors (Lipinski definition) is 6. The van der Waals surface area contributed by atoms with Crippen LogP contribution in [0.4, 0.5) is 0 Å². The van der Waals surface area contributed by atoms with E-state index in [0.717, 1.165) is 4.47 Å². The molecule has 0 fully saturated rings. The van der Waals surface area contributed by atoms with Crippen molar-refractivity contribution in [1.29, 1.82) is 0 Å². The molecule has 130 valence electrons. The predicted molar refractivity (Wildman–Crippen MR) is 93.9 cm³/mol. The standard InChI is InChI=1S/C16H16BrN5O3/c1-3-13-19-14(25-20-13)7-21(2)15(23)8-22-9-18-12-5-4-10(17)6-11(12)16(22)24/h4-6,9H,3,7-8H2,1-2H3. The number of halogens is 1. The molecule has 2 heterocycles. The van der Waals surface area contributed by atoms with Gasteiger partial charge in [-0.2, -0.15) is 4.98 Å². The molecule has 0 saturated heterocycles. The average molecular weight is 406 g/mol. The second-order valence-electron chi connectivity index (χ2n) is 5.55. The van der Waals surface area contributed by atoms with Crippen molar-refractivity contribution >= 4 is 32.7 Å². The molecule has 1 aromatic carbocycles. The van der Waals surface area contributed by atoms with Gasteiger partial charge in [-0.1, -0.05) is 28.0 Å². The summed E-state index contributed by atoms with van der Waals surface area (Å²) in [6.07, 6.45) is 2.04. The van der Waals surface area contributed by atoms with Crippen LogP contribution in [-0.4, -0.2) is 37.5 Å². The normalized spacial score (nSPS) is 11.0. The van der Waals surface area contributed by atoms with Crippen LogP contribution >= 0.6 is 15.9 Å². The van der Waals surface area contributed by atoms with Gasteiger partial charge in [-0.15, -0.1) is 0 Å². The van der Waals surface area contributed by atoms with E-state index in [1.165, 1.54) is 15.8 Å². The smallest absolute Gasteiger partial charge is 0.261 e. The number of carbonyl (C=O) groups is 1. The molecule has 25 heavy (non-hydrogen) atoms. The second kappa shape index (κ2) is 7.14. The summed E-state index contributed by atoms with van der Waals surface area (Å²) in [5.74, 6) is 0.700. The van der Waals surface area contributed by atoms with Crippen molar-refractivity contribution in [3.8, 4) is 0 Å². The van der Waals surface area contributed by atoms with Gasteiger partial charge in [-0.3, -0.25) is 14.2 Å². The molecule has 0 saturated carbocycles. The van der Waals surface area contributed by atoms with Crippen LogP contribution in [0.15, 0.2) is 38.3 Å². The van der Waals surface area contributed by atoms with Crippen molar-refractivity contribution in [1.82, 2.24) is 24.6 Å². The first kappa shape index (κ1) is 17.3. The van der Waals surface area contributed by atoms with Crippen LogP contribution in [0.5, 0.6) is 0 Å². The van der Waals surface area contributed by atoms with Gasteiger partial charge in [0.2, 0.25) is 11.8 Å². The molecule has 0 spiro atoms. The van der Waals surface area contributed by atoms with Gasteiger partial charge in [0.25, 0.3) is 5.56 Å². The maximum absolute atomic E-state index is 12.5. The summed E-state index contributed by atoms with van der Waals surface area (Å²) in [5, 5.41) is 4.25. The molecule has 0 atom stereocenters. The van der Waals surface area contributed by atoms with E-state index in [9.17, 15) is 9.59 Å². The highest BCUT2D eigenvalue weighted by atomic mass is 79.9. The summed E-state index contributed by atoms with van der Waals surface area (Å²) in [5.41, 5.74) is 0.322. The Morgan fingerprint density at radius 3 is 2.92 bits per heavy atom. The van der Waals surface area contributed by atoms with Crippen molar-refractivity contribution in [2.45, 2.75) is 26.4 Å². The number of amides is 1. The van der Waals surface area contributed by atoms with Gasteiger partial charge in [-0.05, 0) is 18.2 Å². The number of benzene rings is 1. The molecule has 3 aromatic rings. The third-order valence-corrected chi connectivity index (χ3v) is 4.21. The molecule has 2 aromatic heterocycles. The quantitative estimate of drug-likeness (QED) is 0.641. The lowest BCUT2D eigenvalue weighted by Crippen LogP contribution is -2.33. The van der Waals surface area contributed by atoms with Crippen LogP contribution < -0.4 is 5.56 Å². The van der Waals surface area contributed by atoms with Crippen LogP contribution in [0.1, 0.15) is 18.6 Å². The Kier molecular flexibility index (Phi) is 4.93. The largest absolute Gasteiger partial charge is 0.337 e. The SMILES string of the molecule is CCc1noc(CN(C)C(=O)Cn2cnc3ccc(Br)cc3c2=O)n1. The van der Waals surface area contributed by atoms with E-state index in [0.29, 0.717) is 29.0 Å². The highest BCUT2D eigenvalue weighted by Crippen LogP contribution is 2.14. The van der Waals surface area contributed by atoms with Gasteiger partial charge in [-0.25, -0.2) is 4.98 Å². The summed E-state index contributed by atoms with van der Waals surface area (Å²) in [6, 6.07) is 5.26. The minimum Gasteiger partial charge on any atom is -0.337 e. The molecule has 0 radical (unpaired) electrons. The summed E-state index contributed by atoms with van der Waals surface area (Å²) < 4.78 is 7.15. The van der Waals surface area contributed by atoms with Gasteiger partial charge >= 0.3 is 0 Å². The van der Waals surface area contributed by atoms with Crippen molar-refractivity contribution in [3.63, 3.8) is 0 Å². The number of likely N-dealkylation sites (N-methyl/N-ethyl adjacent to an activating group) is 1. The lowest BCUT2D eigenvalue weighted by atomic mass is 10.2. The van der Waals surface area contributed by atoms with Gasteiger partial charge in [0.05, 0.1) is 23.8 Å². The highest BCUT2D eigenvalue weighted by Gasteiger charge is 2.15. The lowest BCUT2D eigenvalue weighted by molar-refractivity contribution is -0.131.